The van der Waals surface area contributed by atoms with Crippen molar-refractivity contribution in [2.24, 2.45) is 5.73 Å². The zero-order valence-corrected chi connectivity index (χ0v) is 16.5. The molecule has 0 unspecified atom stereocenters. The van der Waals surface area contributed by atoms with Crippen molar-refractivity contribution in [3.8, 4) is 0 Å². The lowest BCUT2D eigenvalue weighted by molar-refractivity contribution is -0.118. The number of hydrogen-bond acceptors (Lipinski definition) is 2. The van der Waals surface area contributed by atoms with Gasteiger partial charge in [-0.25, -0.2) is 8.78 Å². The molecule has 1 amide bonds. The third-order valence-electron chi connectivity index (χ3n) is 6.05. The Balaban J connectivity index is 1.54. The first-order chi connectivity index (χ1) is 14.0. The average molecular weight is 397 g/mol. The van der Waals surface area contributed by atoms with Crippen molar-refractivity contribution in [2.75, 3.05) is 13.1 Å². The molecule has 0 bridgehead atoms. The van der Waals surface area contributed by atoms with Crippen LogP contribution in [0.25, 0.3) is 10.9 Å². The van der Waals surface area contributed by atoms with Crippen LogP contribution in [0.4, 0.5) is 8.78 Å². The molecule has 2 aromatic carbocycles. The zero-order valence-electron chi connectivity index (χ0n) is 16.5. The maximum absolute atomic E-state index is 14.1. The third-order valence-corrected chi connectivity index (χ3v) is 6.05. The SMILES string of the molecule is Cc1c(CN2CCC(c3c(F)cccc3F)CC2)c2ccccc2n1CC(N)=O. The van der Waals surface area contributed by atoms with Gasteiger partial charge < -0.3 is 10.3 Å². The molecule has 1 aromatic heterocycles. The lowest BCUT2D eigenvalue weighted by Gasteiger charge is -2.32. The average Bonchev–Trinajstić information content (AvgIpc) is 2.95. The van der Waals surface area contributed by atoms with Crippen molar-refractivity contribution in [3.05, 3.63) is 70.9 Å². The summed E-state index contributed by atoms with van der Waals surface area (Å²) in [5.74, 6) is -1.36. The first kappa shape index (κ1) is 19.6. The molecule has 0 radical (unpaired) electrons. The maximum atomic E-state index is 14.1. The number of halogens is 2. The highest BCUT2D eigenvalue weighted by atomic mass is 19.1. The van der Waals surface area contributed by atoms with E-state index in [1.807, 2.05) is 29.7 Å². The van der Waals surface area contributed by atoms with E-state index in [9.17, 15) is 13.6 Å². The Kier molecular flexibility index (Phi) is 5.37. The van der Waals surface area contributed by atoms with Crippen LogP contribution in [-0.2, 0) is 17.9 Å². The second-order valence-corrected chi connectivity index (χ2v) is 7.82. The fraction of sp³-hybridized carbons (Fsp3) is 0.348. The molecular formula is C23H25F2N3O. The number of fused-ring (bicyclic) bond motifs is 1. The number of carbonyl (C=O) groups excluding carboxylic acids is 1. The number of para-hydroxylation sites is 1. The molecule has 1 aliphatic rings. The van der Waals surface area contributed by atoms with E-state index in [0.29, 0.717) is 0 Å². The van der Waals surface area contributed by atoms with Crippen LogP contribution in [-0.4, -0.2) is 28.5 Å². The quantitative estimate of drug-likeness (QED) is 0.705. The summed E-state index contributed by atoms with van der Waals surface area (Å²) in [6.07, 6.45) is 1.44. The topological polar surface area (TPSA) is 51.3 Å². The van der Waals surface area contributed by atoms with Gasteiger partial charge in [-0.05, 0) is 62.5 Å². The van der Waals surface area contributed by atoms with E-state index in [0.717, 1.165) is 49.1 Å². The van der Waals surface area contributed by atoms with Gasteiger partial charge in [0.1, 0.15) is 18.2 Å². The van der Waals surface area contributed by atoms with Crippen molar-refractivity contribution in [2.45, 2.75) is 38.8 Å². The highest BCUT2D eigenvalue weighted by Crippen LogP contribution is 2.33. The summed E-state index contributed by atoms with van der Waals surface area (Å²) >= 11 is 0. The third kappa shape index (κ3) is 3.77. The molecule has 0 saturated carbocycles. The Hall–Kier alpha value is -2.73. The van der Waals surface area contributed by atoms with Crippen LogP contribution in [0.2, 0.25) is 0 Å². The summed E-state index contributed by atoms with van der Waals surface area (Å²) in [5, 5.41) is 1.12. The number of carbonyl (C=O) groups is 1. The lowest BCUT2D eigenvalue weighted by Crippen LogP contribution is -2.33. The van der Waals surface area contributed by atoms with Gasteiger partial charge in [0.25, 0.3) is 0 Å². The van der Waals surface area contributed by atoms with Crippen LogP contribution in [0.3, 0.4) is 0 Å². The van der Waals surface area contributed by atoms with E-state index in [-0.39, 0.29) is 23.9 Å². The van der Waals surface area contributed by atoms with Gasteiger partial charge in [-0.1, -0.05) is 24.3 Å². The van der Waals surface area contributed by atoms with Crippen LogP contribution < -0.4 is 5.73 Å². The summed E-state index contributed by atoms with van der Waals surface area (Å²) in [6.45, 7) is 4.45. The maximum Gasteiger partial charge on any atom is 0.237 e. The number of nitrogens with two attached hydrogens (primary N) is 1. The van der Waals surface area contributed by atoms with Crippen molar-refractivity contribution in [1.82, 2.24) is 9.47 Å². The predicted molar refractivity (Wildman–Crippen MR) is 109 cm³/mol. The lowest BCUT2D eigenvalue weighted by atomic mass is 9.88. The molecule has 152 valence electrons. The normalized spacial score (nSPS) is 15.8. The largest absolute Gasteiger partial charge is 0.368 e. The van der Waals surface area contributed by atoms with Gasteiger partial charge in [0.05, 0.1) is 0 Å². The molecule has 1 saturated heterocycles. The molecule has 1 fully saturated rings. The number of primary amides is 1. The van der Waals surface area contributed by atoms with E-state index < -0.39 is 11.6 Å². The number of rotatable bonds is 5. The second kappa shape index (κ2) is 7.95. The van der Waals surface area contributed by atoms with Crippen LogP contribution in [0.1, 0.15) is 35.6 Å². The highest BCUT2D eigenvalue weighted by molar-refractivity contribution is 5.87. The molecule has 2 N–H and O–H groups in total. The molecule has 1 aliphatic heterocycles. The standard InChI is InChI=1S/C23H25F2N3O/c1-15-18(17-5-2-3-8-21(17)28(15)14-22(26)29)13-27-11-9-16(10-12-27)23-19(24)6-4-7-20(23)25/h2-8,16H,9-14H2,1H3,(H2,26,29). The molecule has 0 atom stereocenters. The van der Waals surface area contributed by atoms with Gasteiger partial charge in [0, 0.05) is 28.7 Å². The molecule has 4 nitrogen and oxygen atoms in total. The van der Waals surface area contributed by atoms with Gasteiger partial charge in [-0.15, -0.1) is 0 Å². The Bertz CT molecular complexity index is 1030. The van der Waals surface area contributed by atoms with Gasteiger partial charge in [0.2, 0.25) is 5.91 Å². The molecule has 3 aromatic rings. The number of likely N-dealkylation sites (tertiary alicyclic amines) is 1. The van der Waals surface area contributed by atoms with Crippen LogP contribution in [0.15, 0.2) is 42.5 Å². The van der Waals surface area contributed by atoms with Crippen LogP contribution in [0.5, 0.6) is 0 Å². The summed E-state index contributed by atoms with van der Waals surface area (Å²) in [5.41, 5.74) is 8.88. The number of piperidine rings is 1. The summed E-state index contributed by atoms with van der Waals surface area (Å²) < 4.78 is 30.2. The van der Waals surface area contributed by atoms with E-state index in [2.05, 4.69) is 11.0 Å². The molecule has 0 spiro atoms. The second-order valence-electron chi connectivity index (χ2n) is 7.82. The van der Waals surface area contributed by atoms with E-state index >= 15 is 0 Å². The summed E-state index contributed by atoms with van der Waals surface area (Å²) in [4.78, 5) is 13.8. The fourth-order valence-corrected chi connectivity index (χ4v) is 4.57. The summed E-state index contributed by atoms with van der Waals surface area (Å²) in [7, 11) is 0. The molecule has 29 heavy (non-hydrogen) atoms. The number of hydrogen-bond donors (Lipinski definition) is 1. The van der Waals surface area contributed by atoms with Crippen molar-refractivity contribution in [3.63, 3.8) is 0 Å². The van der Waals surface area contributed by atoms with Gasteiger partial charge in [-0.2, -0.15) is 0 Å². The van der Waals surface area contributed by atoms with Crippen LogP contribution >= 0.6 is 0 Å². The van der Waals surface area contributed by atoms with Crippen molar-refractivity contribution in [1.29, 1.82) is 0 Å². The van der Waals surface area contributed by atoms with E-state index in [1.165, 1.54) is 23.8 Å². The number of benzene rings is 2. The molecule has 4 rings (SSSR count). The van der Waals surface area contributed by atoms with Gasteiger partial charge in [0.15, 0.2) is 0 Å². The van der Waals surface area contributed by atoms with Crippen molar-refractivity contribution >= 4 is 16.8 Å². The minimum Gasteiger partial charge on any atom is -0.368 e. The Morgan fingerprint density at radius 1 is 1.07 bits per heavy atom. The van der Waals surface area contributed by atoms with Gasteiger partial charge in [-0.3, -0.25) is 9.69 Å². The Morgan fingerprint density at radius 3 is 2.38 bits per heavy atom. The summed E-state index contributed by atoms with van der Waals surface area (Å²) in [6, 6.07) is 12.1. The smallest absolute Gasteiger partial charge is 0.237 e. The molecule has 6 heteroatoms. The predicted octanol–water partition coefficient (Wildman–Crippen LogP) is 4.09. The first-order valence-electron chi connectivity index (χ1n) is 9.97. The van der Waals surface area contributed by atoms with E-state index in [1.54, 1.807) is 0 Å². The molecule has 0 aliphatic carbocycles. The van der Waals surface area contributed by atoms with Crippen LogP contribution in [0, 0.1) is 18.6 Å². The first-order valence-corrected chi connectivity index (χ1v) is 9.97. The molecular weight excluding hydrogens is 372 g/mol. The van der Waals surface area contributed by atoms with E-state index in [4.69, 9.17) is 5.73 Å². The molecule has 2 heterocycles. The Morgan fingerprint density at radius 2 is 1.72 bits per heavy atom. The monoisotopic (exact) mass is 397 g/mol. The Labute approximate surface area is 168 Å². The highest BCUT2D eigenvalue weighted by Gasteiger charge is 2.26. The minimum atomic E-state index is -0.450. The minimum absolute atomic E-state index is 0.0928. The fourth-order valence-electron chi connectivity index (χ4n) is 4.57. The van der Waals surface area contributed by atoms with Crippen molar-refractivity contribution < 1.29 is 13.6 Å². The van der Waals surface area contributed by atoms with Gasteiger partial charge >= 0.3 is 0 Å². The number of nitrogens with zero attached hydrogens (tertiary/aromatic N) is 2. The number of amides is 1. The number of aromatic nitrogens is 1. The zero-order chi connectivity index (χ0) is 20.5.